The van der Waals surface area contributed by atoms with Gasteiger partial charge >= 0.3 is 18.2 Å². The molecule has 0 aliphatic rings. The smallest absolute Gasteiger partial charge is 0.419 e. The van der Waals surface area contributed by atoms with E-state index in [0.29, 0.717) is 5.69 Å². The maximum Gasteiger partial charge on any atom is 0.419 e. The number of imide groups is 1. The number of esters is 1. The molecule has 1 heterocycles. The lowest BCUT2D eigenvalue weighted by Crippen LogP contribution is -2.44. The highest BCUT2D eigenvalue weighted by atomic mass is 16.6. The molecule has 182 valence electrons. The van der Waals surface area contributed by atoms with Crippen molar-refractivity contribution in [3.63, 3.8) is 0 Å². The summed E-state index contributed by atoms with van der Waals surface area (Å²) in [6.45, 7) is 11.9. The van der Waals surface area contributed by atoms with Crippen LogP contribution in [0.3, 0.4) is 0 Å². The Kier molecular flexibility index (Phi) is 9.69. The molecule has 10 nitrogen and oxygen atoms in total. The van der Waals surface area contributed by atoms with E-state index in [1.165, 1.54) is 6.33 Å². The van der Waals surface area contributed by atoms with Gasteiger partial charge < -0.3 is 23.9 Å². The van der Waals surface area contributed by atoms with E-state index in [1.54, 1.807) is 66.3 Å². The molecule has 1 rings (SSSR count). The summed E-state index contributed by atoms with van der Waals surface area (Å²) in [6.07, 6.45) is 0.688. The fourth-order valence-corrected chi connectivity index (χ4v) is 2.82. The fraction of sp³-hybridized carbons (Fsp3) is 0.727. The van der Waals surface area contributed by atoms with Crippen LogP contribution in [0.25, 0.3) is 0 Å². The van der Waals surface area contributed by atoms with Crippen molar-refractivity contribution in [2.75, 3.05) is 13.2 Å². The Morgan fingerprint density at radius 1 is 1.09 bits per heavy atom. The number of imidazole rings is 1. The molecule has 0 bridgehead atoms. The Hall–Kier alpha value is -2.62. The molecule has 0 aromatic carbocycles. The monoisotopic (exact) mass is 455 g/mol. The Morgan fingerprint density at radius 2 is 1.62 bits per heavy atom. The molecule has 0 saturated carbocycles. The minimum Gasteiger partial charge on any atom is -0.465 e. The minimum absolute atomic E-state index is 0.0569. The van der Waals surface area contributed by atoms with Crippen LogP contribution in [0.4, 0.5) is 9.59 Å². The van der Waals surface area contributed by atoms with Gasteiger partial charge in [-0.1, -0.05) is 0 Å². The number of carbonyl (C=O) groups excluding carboxylic acids is 3. The number of aliphatic hydroxyl groups excluding tert-OH is 1. The van der Waals surface area contributed by atoms with E-state index >= 15 is 0 Å². The first kappa shape index (κ1) is 27.4. The highest BCUT2D eigenvalue weighted by Crippen LogP contribution is 2.24. The van der Waals surface area contributed by atoms with Crippen molar-refractivity contribution < 1.29 is 33.7 Å². The molecule has 2 atom stereocenters. The summed E-state index contributed by atoms with van der Waals surface area (Å²) < 4.78 is 17.4. The second kappa shape index (κ2) is 11.3. The van der Waals surface area contributed by atoms with Gasteiger partial charge in [-0.05, 0) is 61.3 Å². The van der Waals surface area contributed by atoms with Crippen molar-refractivity contribution in [2.45, 2.75) is 84.5 Å². The lowest BCUT2D eigenvalue weighted by atomic mass is 9.95. The van der Waals surface area contributed by atoms with Gasteiger partial charge in [-0.15, -0.1) is 0 Å². The van der Waals surface area contributed by atoms with Gasteiger partial charge in [0.2, 0.25) is 0 Å². The van der Waals surface area contributed by atoms with E-state index in [2.05, 4.69) is 4.98 Å². The zero-order chi connectivity index (χ0) is 24.7. The molecule has 0 radical (unpaired) electrons. The summed E-state index contributed by atoms with van der Waals surface area (Å²) in [5.74, 6) is -1.57. The van der Waals surface area contributed by atoms with Crippen LogP contribution < -0.4 is 0 Å². The third-order valence-electron chi connectivity index (χ3n) is 4.08. The van der Waals surface area contributed by atoms with Gasteiger partial charge in [0.15, 0.2) is 0 Å². The van der Waals surface area contributed by atoms with Crippen LogP contribution in [0.1, 0.15) is 72.9 Å². The first-order valence-corrected chi connectivity index (χ1v) is 10.7. The van der Waals surface area contributed by atoms with Crippen molar-refractivity contribution in [2.24, 2.45) is 7.05 Å². The molecule has 10 heteroatoms. The predicted molar refractivity (Wildman–Crippen MR) is 117 cm³/mol. The van der Waals surface area contributed by atoms with E-state index in [-0.39, 0.29) is 26.0 Å². The molecule has 0 fully saturated rings. The Labute approximate surface area is 189 Å². The van der Waals surface area contributed by atoms with Gasteiger partial charge in [-0.25, -0.2) is 19.5 Å². The third-order valence-corrected chi connectivity index (χ3v) is 4.08. The molecule has 0 aliphatic heterocycles. The van der Waals surface area contributed by atoms with Crippen molar-refractivity contribution in [3.05, 3.63) is 18.2 Å². The van der Waals surface area contributed by atoms with Crippen LogP contribution in [0.2, 0.25) is 0 Å². The number of carbonyl (C=O) groups is 3. The fourth-order valence-electron chi connectivity index (χ4n) is 2.82. The summed E-state index contributed by atoms with van der Waals surface area (Å²) in [7, 11) is 1.75. The zero-order valence-electron chi connectivity index (χ0n) is 20.4. The Balaban J connectivity index is 2.91. The number of aryl methyl sites for hydroxylation is 1. The number of amides is 2. The number of aliphatic hydroxyl groups is 1. The summed E-state index contributed by atoms with van der Waals surface area (Å²) in [4.78, 5) is 42.6. The number of hydrogen-bond donors (Lipinski definition) is 1. The molecule has 1 aromatic heterocycles. The molecule has 1 N–H and O–H groups in total. The van der Waals surface area contributed by atoms with Crippen LogP contribution in [0, 0.1) is 0 Å². The topological polar surface area (TPSA) is 120 Å². The molecular formula is C22H37N3O7. The van der Waals surface area contributed by atoms with Crippen LogP contribution in [0.15, 0.2) is 12.5 Å². The Bertz CT molecular complexity index is 749. The molecule has 32 heavy (non-hydrogen) atoms. The summed E-state index contributed by atoms with van der Waals surface area (Å²) >= 11 is 0. The van der Waals surface area contributed by atoms with E-state index < -0.39 is 41.4 Å². The first-order chi connectivity index (χ1) is 14.6. The average Bonchev–Trinajstić information content (AvgIpc) is 3.01. The molecule has 0 spiro atoms. The van der Waals surface area contributed by atoms with E-state index in [0.717, 1.165) is 4.90 Å². The first-order valence-electron chi connectivity index (χ1n) is 10.7. The lowest BCUT2D eigenvalue weighted by molar-refractivity contribution is -0.148. The van der Waals surface area contributed by atoms with Crippen LogP contribution in [-0.4, -0.2) is 68.2 Å². The van der Waals surface area contributed by atoms with E-state index in [4.69, 9.17) is 14.2 Å². The van der Waals surface area contributed by atoms with Crippen molar-refractivity contribution in [1.82, 2.24) is 14.5 Å². The molecule has 0 aliphatic carbocycles. The highest BCUT2D eigenvalue weighted by molar-refractivity contribution is 5.88. The lowest BCUT2D eigenvalue weighted by Gasteiger charge is -2.29. The summed E-state index contributed by atoms with van der Waals surface area (Å²) in [5, 5.41) is 10.7. The standard InChI is InChI=1S/C22H37N3O7/c1-9-30-18(27)17(15-13-24(8)14-23-15)16(26)11-10-12-25(19(28)31-21(2,3)4)20(29)32-22(5,6)7/h13-14,16-17,26H,9-12H2,1-8H3. The number of hydrogen-bond acceptors (Lipinski definition) is 8. The van der Waals surface area contributed by atoms with Crippen LogP contribution in [0.5, 0.6) is 0 Å². The molecular weight excluding hydrogens is 418 g/mol. The van der Waals surface area contributed by atoms with Gasteiger partial charge in [0.1, 0.15) is 17.1 Å². The van der Waals surface area contributed by atoms with Gasteiger partial charge in [0.05, 0.1) is 24.7 Å². The maximum atomic E-state index is 12.6. The van der Waals surface area contributed by atoms with Gasteiger partial charge in [-0.3, -0.25) is 4.79 Å². The number of ether oxygens (including phenoxy) is 3. The summed E-state index contributed by atoms with van der Waals surface area (Å²) in [6, 6.07) is 0. The normalized spacial score (nSPS) is 13.8. The third kappa shape index (κ3) is 9.25. The van der Waals surface area contributed by atoms with Gasteiger partial charge in [0, 0.05) is 19.8 Å². The predicted octanol–water partition coefficient (Wildman–Crippen LogP) is 3.38. The highest BCUT2D eigenvalue weighted by Gasteiger charge is 2.34. The SMILES string of the molecule is CCOC(=O)C(c1cn(C)cn1)C(O)CCCN(C(=O)OC(C)(C)C)C(=O)OC(C)(C)C. The van der Waals surface area contributed by atoms with Crippen LogP contribution >= 0.6 is 0 Å². The average molecular weight is 456 g/mol. The van der Waals surface area contributed by atoms with Gasteiger partial charge in [0.25, 0.3) is 0 Å². The van der Waals surface area contributed by atoms with Crippen LogP contribution in [-0.2, 0) is 26.1 Å². The molecule has 0 saturated heterocycles. The second-order valence-corrected chi connectivity index (χ2v) is 9.52. The largest absolute Gasteiger partial charge is 0.465 e. The second-order valence-electron chi connectivity index (χ2n) is 9.52. The summed E-state index contributed by atoms with van der Waals surface area (Å²) in [5.41, 5.74) is -1.22. The number of aromatic nitrogens is 2. The molecule has 2 unspecified atom stereocenters. The maximum absolute atomic E-state index is 12.6. The van der Waals surface area contributed by atoms with Crippen molar-refractivity contribution in [1.29, 1.82) is 0 Å². The van der Waals surface area contributed by atoms with E-state index in [1.807, 2.05) is 0 Å². The van der Waals surface area contributed by atoms with Crippen molar-refractivity contribution in [3.8, 4) is 0 Å². The molecule has 2 amide bonds. The Morgan fingerprint density at radius 3 is 2.03 bits per heavy atom. The quantitative estimate of drug-likeness (QED) is 0.468. The molecule has 1 aromatic rings. The van der Waals surface area contributed by atoms with E-state index in [9.17, 15) is 19.5 Å². The minimum atomic E-state index is -1.12. The van der Waals surface area contributed by atoms with Gasteiger partial charge in [-0.2, -0.15) is 0 Å². The zero-order valence-corrected chi connectivity index (χ0v) is 20.4. The number of rotatable bonds is 8. The van der Waals surface area contributed by atoms with Crippen molar-refractivity contribution >= 4 is 18.2 Å². The number of nitrogens with zero attached hydrogens (tertiary/aromatic N) is 3.